The Kier molecular flexibility index (Phi) is 6.53. The van der Waals surface area contributed by atoms with Crippen molar-refractivity contribution < 1.29 is 23.1 Å². The molecule has 6 nitrogen and oxygen atoms in total. The summed E-state index contributed by atoms with van der Waals surface area (Å²) < 4.78 is 31.9. The Balaban J connectivity index is 1.48. The third kappa shape index (κ3) is 5.11. The van der Waals surface area contributed by atoms with E-state index in [1.165, 1.54) is 13.2 Å². The smallest absolute Gasteiger partial charge is 0.324 e. The quantitative estimate of drug-likeness (QED) is 0.570. The Bertz CT molecular complexity index is 1190. The number of halogens is 2. The molecule has 0 atom stereocenters. The maximum absolute atomic E-state index is 13.6. The second-order valence-electron chi connectivity index (χ2n) is 7.69. The summed E-state index contributed by atoms with van der Waals surface area (Å²) in [6.45, 7) is 1.21. The van der Waals surface area contributed by atoms with Gasteiger partial charge >= 0.3 is 6.03 Å². The fraction of sp³-hybridized carbons (Fsp3) is 0.200. The molecule has 1 heterocycles. The van der Waals surface area contributed by atoms with Crippen LogP contribution >= 0.6 is 0 Å². The van der Waals surface area contributed by atoms with E-state index in [4.69, 9.17) is 4.74 Å². The molecule has 3 aromatic rings. The summed E-state index contributed by atoms with van der Waals surface area (Å²) in [4.78, 5) is 28.9. The first-order chi connectivity index (χ1) is 15.9. The van der Waals surface area contributed by atoms with Crippen LogP contribution in [-0.2, 0) is 6.54 Å². The van der Waals surface area contributed by atoms with Crippen LogP contribution in [0.2, 0.25) is 0 Å². The van der Waals surface area contributed by atoms with E-state index in [2.05, 4.69) is 5.32 Å². The molecule has 1 fully saturated rings. The largest absolute Gasteiger partial charge is 0.497 e. The van der Waals surface area contributed by atoms with E-state index in [1.807, 2.05) is 0 Å². The molecule has 0 unspecified atom stereocenters. The zero-order valence-electron chi connectivity index (χ0n) is 18.1. The first kappa shape index (κ1) is 22.3. The number of hydrogen-bond acceptors (Lipinski definition) is 3. The second kappa shape index (κ2) is 9.68. The van der Waals surface area contributed by atoms with Gasteiger partial charge in [-0.15, -0.1) is 0 Å². The lowest BCUT2D eigenvalue weighted by Crippen LogP contribution is -2.49. The van der Waals surface area contributed by atoms with Crippen LogP contribution in [0.5, 0.6) is 5.75 Å². The van der Waals surface area contributed by atoms with E-state index in [0.717, 1.165) is 18.6 Å². The average molecular weight is 451 g/mol. The Morgan fingerprint density at radius 3 is 2.61 bits per heavy atom. The van der Waals surface area contributed by atoms with E-state index in [9.17, 15) is 18.4 Å². The van der Waals surface area contributed by atoms with Crippen molar-refractivity contribution in [2.75, 3.05) is 30.4 Å². The molecule has 0 radical (unpaired) electrons. The number of benzene rings is 3. The van der Waals surface area contributed by atoms with E-state index >= 15 is 0 Å². The topological polar surface area (TPSA) is 61.9 Å². The van der Waals surface area contributed by atoms with Crippen molar-refractivity contribution in [3.05, 3.63) is 89.5 Å². The summed E-state index contributed by atoms with van der Waals surface area (Å²) in [5, 5.41) is 2.84. The minimum absolute atomic E-state index is 0.179. The first-order valence-electron chi connectivity index (χ1n) is 10.5. The predicted molar refractivity (Wildman–Crippen MR) is 122 cm³/mol. The number of carbonyl (C=O) groups is 2. The molecule has 1 N–H and O–H groups in total. The molecule has 4 rings (SSSR count). The Hall–Kier alpha value is -3.94. The molecule has 33 heavy (non-hydrogen) atoms. The normalized spacial score (nSPS) is 13.7. The van der Waals surface area contributed by atoms with Gasteiger partial charge in [-0.25, -0.2) is 13.6 Å². The lowest BCUT2D eigenvalue weighted by atomic mass is 10.1. The lowest BCUT2D eigenvalue weighted by Gasteiger charge is -2.36. The van der Waals surface area contributed by atoms with Gasteiger partial charge in [0, 0.05) is 36.6 Å². The van der Waals surface area contributed by atoms with Crippen molar-refractivity contribution in [3.63, 3.8) is 0 Å². The zero-order chi connectivity index (χ0) is 23.4. The number of hydrogen-bond donors (Lipinski definition) is 1. The molecule has 3 amide bonds. The number of rotatable bonds is 6. The van der Waals surface area contributed by atoms with Gasteiger partial charge in [0.05, 0.1) is 7.11 Å². The third-order valence-corrected chi connectivity index (χ3v) is 5.42. The molecule has 0 aliphatic carbocycles. The van der Waals surface area contributed by atoms with E-state index < -0.39 is 11.6 Å². The Labute approximate surface area is 190 Å². The van der Waals surface area contributed by atoms with E-state index in [1.54, 1.807) is 58.3 Å². The first-order valence-corrected chi connectivity index (χ1v) is 10.5. The van der Waals surface area contributed by atoms with Crippen LogP contribution in [0, 0.1) is 11.6 Å². The molecular weight excluding hydrogens is 428 g/mol. The highest BCUT2D eigenvalue weighted by molar-refractivity contribution is 6.05. The molecule has 3 aromatic carbocycles. The van der Waals surface area contributed by atoms with Crippen LogP contribution in [0.25, 0.3) is 0 Å². The molecule has 170 valence electrons. The molecule has 1 aliphatic rings. The van der Waals surface area contributed by atoms with Gasteiger partial charge in [-0.2, -0.15) is 0 Å². The number of ether oxygens (including phenoxy) is 1. The van der Waals surface area contributed by atoms with E-state index in [-0.39, 0.29) is 18.5 Å². The SMILES string of the molecule is COc1cccc(C(=O)Nc2cccc(N3CCCN(Cc4ccc(F)c(F)c4)C3=O)c2)c1. The van der Waals surface area contributed by atoms with Crippen molar-refractivity contribution in [2.24, 2.45) is 0 Å². The van der Waals surface area contributed by atoms with Gasteiger partial charge in [0.2, 0.25) is 0 Å². The number of methoxy groups -OCH3 is 1. The van der Waals surface area contributed by atoms with Crippen molar-refractivity contribution in [1.82, 2.24) is 4.90 Å². The standard InChI is InChI=1S/C25H23F2N3O3/c1-33-21-8-2-5-18(14-21)24(31)28-19-6-3-7-20(15-19)30-12-4-11-29(25(30)32)16-17-9-10-22(26)23(27)13-17/h2-3,5-10,13-15H,4,11-12,16H2,1H3,(H,28,31). The summed E-state index contributed by atoms with van der Waals surface area (Å²) >= 11 is 0. The summed E-state index contributed by atoms with van der Waals surface area (Å²) in [5.41, 5.74) is 2.15. The number of urea groups is 1. The van der Waals surface area contributed by atoms with Gasteiger partial charge in [0.25, 0.3) is 5.91 Å². The molecule has 1 saturated heterocycles. The highest BCUT2D eigenvalue weighted by Gasteiger charge is 2.27. The summed E-state index contributed by atoms with van der Waals surface area (Å²) in [6.07, 6.45) is 0.718. The van der Waals surface area contributed by atoms with Gasteiger partial charge in [-0.05, 0) is 60.5 Å². The minimum Gasteiger partial charge on any atom is -0.497 e. The number of amides is 3. The zero-order valence-corrected chi connectivity index (χ0v) is 18.1. The highest BCUT2D eigenvalue weighted by Crippen LogP contribution is 2.25. The minimum atomic E-state index is -0.937. The van der Waals surface area contributed by atoms with Crippen LogP contribution in [-0.4, -0.2) is 37.0 Å². The van der Waals surface area contributed by atoms with Gasteiger partial charge in [-0.1, -0.05) is 18.2 Å². The summed E-state index contributed by atoms with van der Waals surface area (Å²) in [7, 11) is 1.53. The molecule has 0 bridgehead atoms. The van der Waals surface area contributed by atoms with Crippen LogP contribution in [0.15, 0.2) is 66.7 Å². The summed E-state index contributed by atoms with van der Waals surface area (Å²) in [6, 6.07) is 17.3. The number of carbonyl (C=O) groups excluding carboxylic acids is 2. The maximum atomic E-state index is 13.6. The van der Waals surface area contributed by atoms with Gasteiger partial charge < -0.3 is 15.0 Å². The van der Waals surface area contributed by atoms with Crippen LogP contribution in [0.4, 0.5) is 25.0 Å². The van der Waals surface area contributed by atoms with Gasteiger partial charge in [0.15, 0.2) is 11.6 Å². The molecular formula is C25H23F2N3O3. The van der Waals surface area contributed by atoms with Gasteiger partial charge in [-0.3, -0.25) is 9.69 Å². The monoisotopic (exact) mass is 451 g/mol. The number of nitrogens with zero attached hydrogens (tertiary/aromatic N) is 2. The molecule has 0 spiro atoms. The number of nitrogens with one attached hydrogen (secondary N) is 1. The van der Waals surface area contributed by atoms with E-state index in [0.29, 0.717) is 41.3 Å². The van der Waals surface area contributed by atoms with Crippen LogP contribution in [0.1, 0.15) is 22.3 Å². The van der Waals surface area contributed by atoms with Crippen LogP contribution < -0.4 is 15.0 Å². The van der Waals surface area contributed by atoms with Crippen molar-refractivity contribution in [3.8, 4) is 5.75 Å². The second-order valence-corrected chi connectivity index (χ2v) is 7.69. The van der Waals surface area contributed by atoms with Gasteiger partial charge in [0.1, 0.15) is 5.75 Å². The number of anilines is 2. The highest BCUT2D eigenvalue weighted by atomic mass is 19.2. The molecule has 0 aromatic heterocycles. The van der Waals surface area contributed by atoms with Crippen molar-refractivity contribution >= 4 is 23.3 Å². The van der Waals surface area contributed by atoms with Crippen molar-refractivity contribution in [1.29, 1.82) is 0 Å². The molecule has 0 saturated carbocycles. The Morgan fingerprint density at radius 2 is 1.82 bits per heavy atom. The fourth-order valence-corrected chi connectivity index (χ4v) is 3.75. The van der Waals surface area contributed by atoms with Crippen molar-refractivity contribution in [2.45, 2.75) is 13.0 Å². The summed E-state index contributed by atoms with van der Waals surface area (Å²) in [5.74, 6) is -1.57. The molecule has 8 heteroatoms. The lowest BCUT2D eigenvalue weighted by molar-refractivity contribution is 0.102. The maximum Gasteiger partial charge on any atom is 0.324 e. The predicted octanol–water partition coefficient (Wildman–Crippen LogP) is 5.06. The molecule has 1 aliphatic heterocycles. The average Bonchev–Trinajstić information content (AvgIpc) is 2.83. The fourth-order valence-electron chi connectivity index (χ4n) is 3.75. The Morgan fingerprint density at radius 1 is 1.00 bits per heavy atom. The third-order valence-electron chi connectivity index (χ3n) is 5.42. The van der Waals surface area contributed by atoms with Crippen LogP contribution in [0.3, 0.4) is 0 Å².